The molecule has 23 heavy (non-hydrogen) atoms. The van der Waals surface area contributed by atoms with Gasteiger partial charge in [-0.2, -0.15) is 0 Å². The standard InChI is InChI=1S/C15H21N3O4S/c1-23(20,21)18-8-5-15(6-9-18)12-17(14(19)11-22-15)10-13-4-2-3-7-16-13/h2-4,7H,5-6,8-12H2,1H3. The molecule has 2 fully saturated rings. The average molecular weight is 339 g/mol. The van der Waals surface area contributed by atoms with Gasteiger partial charge in [0, 0.05) is 19.3 Å². The summed E-state index contributed by atoms with van der Waals surface area (Å²) in [6, 6.07) is 5.63. The van der Waals surface area contributed by atoms with Crippen LogP contribution in [0.1, 0.15) is 18.5 Å². The van der Waals surface area contributed by atoms with Gasteiger partial charge in [-0.1, -0.05) is 6.07 Å². The van der Waals surface area contributed by atoms with E-state index in [0.717, 1.165) is 5.69 Å². The number of hydrogen-bond acceptors (Lipinski definition) is 5. The molecule has 3 rings (SSSR count). The van der Waals surface area contributed by atoms with Gasteiger partial charge in [0.05, 0.1) is 30.6 Å². The first-order valence-corrected chi connectivity index (χ1v) is 9.50. The first kappa shape index (κ1) is 16.4. The van der Waals surface area contributed by atoms with Crippen molar-refractivity contribution in [1.82, 2.24) is 14.2 Å². The third-order valence-electron chi connectivity index (χ3n) is 4.52. The minimum atomic E-state index is -3.17. The number of rotatable bonds is 3. The number of amides is 1. The lowest BCUT2D eigenvalue weighted by atomic mass is 9.90. The number of carbonyl (C=O) groups excluding carboxylic acids is 1. The Morgan fingerprint density at radius 1 is 1.30 bits per heavy atom. The van der Waals surface area contributed by atoms with Crippen molar-refractivity contribution in [2.45, 2.75) is 25.0 Å². The van der Waals surface area contributed by atoms with E-state index in [-0.39, 0.29) is 12.5 Å². The van der Waals surface area contributed by atoms with Gasteiger partial charge in [0.2, 0.25) is 15.9 Å². The van der Waals surface area contributed by atoms with Gasteiger partial charge in [-0.25, -0.2) is 12.7 Å². The summed E-state index contributed by atoms with van der Waals surface area (Å²) in [5.74, 6) is -0.0492. The van der Waals surface area contributed by atoms with Gasteiger partial charge in [0.1, 0.15) is 6.61 Å². The van der Waals surface area contributed by atoms with E-state index in [1.807, 2.05) is 18.2 Å². The zero-order valence-corrected chi connectivity index (χ0v) is 14.0. The number of pyridine rings is 1. The minimum Gasteiger partial charge on any atom is -0.363 e. The Labute approximate surface area is 136 Å². The number of aromatic nitrogens is 1. The molecule has 1 aromatic heterocycles. The van der Waals surface area contributed by atoms with E-state index in [2.05, 4.69) is 4.98 Å². The quantitative estimate of drug-likeness (QED) is 0.788. The molecule has 3 heterocycles. The third-order valence-corrected chi connectivity index (χ3v) is 5.82. The van der Waals surface area contributed by atoms with Crippen LogP contribution >= 0.6 is 0 Å². The van der Waals surface area contributed by atoms with Gasteiger partial charge in [0.15, 0.2) is 0 Å². The Balaban J connectivity index is 1.67. The molecule has 2 aliphatic rings. The number of sulfonamides is 1. The number of piperidine rings is 1. The van der Waals surface area contributed by atoms with Crippen molar-refractivity contribution in [3.05, 3.63) is 30.1 Å². The molecule has 0 unspecified atom stereocenters. The van der Waals surface area contributed by atoms with Crippen molar-refractivity contribution >= 4 is 15.9 Å². The maximum Gasteiger partial charge on any atom is 0.249 e. The molecule has 1 amide bonds. The van der Waals surface area contributed by atoms with Crippen molar-refractivity contribution in [2.75, 3.05) is 32.5 Å². The second kappa shape index (κ2) is 6.18. The molecule has 0 aromatic carbocycles. The molecular formula is C15H21N3O4S. The van der Waals surface area contributed by atoms with Gasteiger partial charge in [-0.15, -0.1) is 0 Å². The topological polar surface area (TPSA) is 79.8 Å². The zero-order valence-electron chi connectivity index (χ0n) is 13.1. The number of morpholine rings is 1. The summed E-state index contributed by atoms with van der Waals surface area (Å²) < 4.78 is 30.5. The first-order chi connectivity index (χ1) is 10.9. The maximum absolute atomic E-state index is 12.1. The number of nitrogens with zero attached hydrogens (tertiary/aromatic N) is 3. The van der Waals surface area contributed by atoms with Crippen molar-refractivity contribution in [1.29, 1.82) is 0 Å². The molecule has 0 radical (unpaired) electrons. The lowest BCUT2D eigenvalue weighted by Crippen LogP contribution is -2.58. The normalized spacial score (nSPS) is 22.5. The highest BCUT2D eigenvalue weighted by molar-refractivity contribution is 7.88. The predicted molar refractivity (Wildman–Crippen MR) is 84.0 cm³/mol. The summed E-state index contributed by atoms with van der Waals surface area (Å²) in [4.78, 5) is 18.1. The van der Waals surface area contributed by atoms with E-state index in [1.54, 1.807) is 11.1 Å². The number of carbonyl (C=O) groups is 1. The van der Waals surface area contributed by atoms with Gasteiger partial charge in [-0.05, 0) is 25.0 Å². The second-order valence-electron chi connectivity index (χ2n) is 6.20. The summed E-state index contributed by atoms with van der Waals surface area (Å²) in [5.41, 5.74) is 0.399. The van der Waals surface area contributed by atoms with Crippen LogP contribution in [-0.2, 0) is 26.1 Å². The van der Waals surface area contributed by atoms with E-state index in [4.69, 9.17) is 4.74 Å². The number of ether oxygens (including phenoxy) is 1. The van der Waals surface area contributed by atoms with Crippen LogP contribution in [-0.4, -0.2) is 66.6 Å². The Bertz CT molecular complexity index is 669. The van der Waals surface area contributed by atoms with Crippen LogP contribution < -0.4 is 0 Å². The third kappa shape index (κ3) is 3.70. The monoisotopic (exact) mass is 339 g/mol. The molecule has 0 N–H and O–H groups in total. The lowest BCUT2D eigenvalue weighted by molar-refractivity contribution is -0.170. The summed E-state index contributed by atoms with van der Waals surface area (Å²) >= 11 is 0. The molecule has 0 bridgehead atoms. The lowest BCUT2D eigenvalue weighted by Gasteiger charge is -2.46. The van der Waals surface area contributed by atoms with E-state index in [1.165, 1.54) is 10.6 Å². The van der Waals surface area contributed by atoms with E-state index in [0.29, 0.717) is 39.0 Å². The summed E-state index contributed by atoms with van der Waals surface area (Å²) in [7, 11) is -3.17. The highest BCUT2D eigenvalue weighted by Crippen LogP contribution is 2.31. The molecule has 126 valence electrons. The van der Waals surface area contributed by atoms with Crippen LogP contribution in [0.15, 0.2) is 24.4 Å². The highest BCUT2D eigenvalue weighted by Gasteiger charge is 2.43. The molecule has 0 saturated carbocycles. The average Bonchev–Trinajstić information content (AvgIpc) is 2.52. The molecule has 2 aliphatic heterocycles. The fourth-order valence-electron chi connectivity index (χ4n) is 3.15. The van der Waals surface area contributed by atoms with Crippen molar-refractivity contribution in [3.8, 4) is 0 Å². The predicted octanol–water partition coefficient (Wildman–Crippen LogP) is 0.235. The van der Waals surface area contributed by atoms with E-state index >= 15 is 0 Å². The van der Waals surface area contributed by atoms with Gasteiger partial charge < -0.3 is 9.64 Å². The first-order valence-electron chi connectivity index (χ1n) is 7.65. The molecule has 1 aromatic rings. The Morgan fingerprint density at radius 3 is 2.65 bits per heavy atom. The van der Waals surface area contributed by atoms with Crippen LogP contribution in [0.2, 0.25) is 0 Å². The highest BCUT2D eigenvalue weighted by atomic mass is 32.2. The molecule has 8 heteroatoms. The van der Waals surface area contributed by atoms with E-state index in [9.17, 15) is 13.2 Å². The van der Waals surface area contributed by atoms with Gasteiger partial charge in [0.25, 0.3) is 0 Å². The summed E-state index contributed by atoms with van der Waals surface area (Å²) in [5, 5.41) is 0. The molecule has 1 spiro atoms. The summed E-state index contributed by atoms with van der Waals surface area (Å²) in [6.45, 7) is 1.86. The largest absolute Gasteiger partial charge is 0.363 e. The second-order valence-corrected chi connectivity index (χ2v) is 8.19. The Morgan fingerprint density at radius 2 is 2.04 bits per heavy atom. The van der Waals surface area contributed by atoms with E-state index < -0.39 is 15.6 Å². The molecule has 0 aliphatic carbocycles. The Kier molecular flexibility index (Phi) is 4.39. The fraction of sp³-hybridized carbons (Fsp3) is 0.600. The van der Waals surface area contributed by atoms with Crippen LogP contribution in [0.4, 0.5) is 0 Å². The van der Waals surface area contributed by atoms with Crippen molar-refractivity contribution in [2.24, 2.45) is 0 Å². The molecule has 2 saturated heterocycles. The summed E-state index contributed by atoms with van der Waals surface area (Å²) in [6.07, 6.45) is 4.14. The van der Waals surface area contributed by atoms with Crippen molar-refractivity contribution < 1.29 is 17.9 Å². The molecular weight excluding hydrogens is 318 g/mol. The van der Waals surface area contributed by atoms with Gasteiger partial charge >= 0.3 is 0 Å². The van der Waals surface area contributed by atoms with Crippen molar-refractivity contribution in [3.63, 3.8) is 0 Å². The smallest absolute Gasteiger partial charge is 0.249 e. The van der Waals surface area contributed by atoms with Crippen LogP contribution in [0.25, 0.3) is 0 Å². The van der Waals surface area contributed by atoms with Crippen LogP contribution in [0.5, 0.6) is 0 Å². The van der Waals surface area contributed by atoms with Crippen LogP contribution in [0.3, 0.4) is 0 Å². The minimum absolute atomic E-state index is 0.0473. The SMILES string of the molecule is CS(=O)(=O)N1CCC2(CC1)CN(Cc1ccccn1)C(=O)CO2. The maximum atomic E-state index is 12.1. The molecule has 7 nitrogen and oxygen atoms in total. The van der Waals surface area contributed by atoms with Gasteiger partial charge in [-0.3, -0.25) is 9.78 Å². The molecule has 0 atom stereocenters. The zero-order chi connectivity index (χ0) is 16.5. The Hall–Kier alpha value is -1.51. The van der Waals surface area contributed by atoms with Crippen LogP contribution in [0, 0.1) is 0 Å². The number of hydrogen-bond donors (Lipinski definition) is 0. The fourth-order valence-corrected chi connectivity index (χ4v) is 3.99.